The maximum absolute atomic E-state index is 11.3. The van der Waals surface area contributed by atoms with Gasteiger partial charge in [0.15, 0.2) is 0 Å². The molecule has 0 spiro atoms. The molecule has 0 N–H and O–H groups in total. The molecule has 0 radical (unpaired) electrons. The molecule has 1 aliphatic carbocycles. The van der Waals surface area contributed by atoms with Gasteiger partial charge in [-0.05, 0) is 50.4 Å². The van der Waals surface area contributed by atoms with E-state index in [1.54, 1.807) is 6.92 Å². The van der Waals surface area contributed by atoms with Gasteiger partial charge in [0.2, 0.25) is 0 Å². The van der Waals surface area contributed by atoms with Crippen molar-refractivity contribution < 1.29 is 19.1 Å². The van der Waals surface area contributed by atoms with Crippen LogP contribution in [0.4, 0.5) is 4.79 Å². The highest BCUT2D eigenvalue weighted by Crippen LogP contribution is 2.42. The first-order valence-electron chi connectivity index (χ1n) is 7.73. The van der Waals surface area contributed by atoms with E-state index in [1.807, 2.05) is 0 Å². The molecule has 0 heterocycles. The summed E-state index contributed by atoms with van der Waals surface area (Å²) in [5.74, 6) is 0.583. The van der Waals surface area contributed by atoms with Crippen LogP contribution < -0.4 is 0 Å². The van der Waals surface area contributed by atoms with Crippen LogP contribution in [0.1, 0.15) is 59.3 Å². The summed E-state index contributed by atoms with van der Waals surface area (Å²) in [6.07, 6.45) is 6.72. The molecule has 20 heavy (non-hydrogen) atoms. The molecule has 2 unspecified atom stereocenters. The summed E-state index contributed by atoms with van der Waals surface area (Å²) in [6, 6.07) is 0. The molecule has 0 aromatic rings. The van der Waals surface area contributed by atoms with Gasteiger partial charge in [0.25, 0.3) is 0 Å². The van der Waals surface area contributed by atoms with Crippen molar-refractivity contribution in [3.8, 4) is 0 Å². The quantitative estimate of drug-likeness (QED) is 0.403. The van der Waals surface area contributed by atoms with Crippen molar-refractivity contribution in [2.24, 2.45) is 17.3 Å². The van der Waals surface area contributed by atoms with Crippen LogP contribution >= 0.6 is 0 Å². The minimum atomic E-state index is -0.617. The fourth-order valence-corrected chi connectivity index (χ4v) is 3.17. The van der Waals surface area contributed by atoms with E-state index in [1.165, 1.54) is 12.8 Å². The zero-order valence-corrected chi connectivity index (χ0v) is 13.0. The summed E-state index contributed by atoms with van der Waals surface area (Å²) in [7, 11) is 0. The Balaban J connectivity index is 2.29. The Bertz CT molecular complexity index is 312. The standard InChI is InChI=1S/C16H28O4/c1-4-19-15(18)20-10-6-8-14(12-17)13-7-5-9-16(2,3)11-13/h12-14H,4-11H2,1-3H3. The lowest BCUT2D eigenvalue weighted by atomic mass is 9.68. The molecular weight excluding hydrogens is 256 g/mol. The Kier molecular flexibility index (Phi) is 7.03. The van der Waals surface area contributed by atoms with Crippen LogP contribution in [0.2, 0.25) is 0 Å². The number of aldehydes is 1. The minimum absolute atomic E-state index is 0.0976. The smallest absolute Gasteiger partial charge is 0.435 e. The molecule has 0 aromatic carbocycles. The molecule has 0 amide bonds. The summed E-state index contributed by atoms with van der Waals surface area (Å²) in [4.78, 5) is 22.3. The normalized spacial score (nSPS) is 22.9. The van der Waals surface area contributed by atoms with Crippen molar-refractivity contribution in [1.29, 1.82) is 0 Å². The highest BCUT2D eigenvalue weighted by atomic mass is 16.7. The van der Waals surface area contributed by atoms with Gasteiger partial charge in [-0.3, -0.25) is 0 Å². The van der Waals surface area contributed by atoms with Gasteiger partial charge in [0.1, 0.15) is 6.29 Å². The Labute approximate surface area is 122 Å². The predicted molar refractivity (Wildman–Crippen MR) is 77.5 cm³/mol. The Hall–Kier alpha value is -1.06. The van der Waals surface area contributed by atoms with E-state index < -0.39 is 6.16 Å². The van der Waals surface area contributed by atoms with Gasteiger partial charge in [0, 0.05) is 5.92 Å². The van der Waals surface area contributed by atoms with Crippen LogP contribution in [0.25, 0.3) is 0 Å². The van der Waals surface area contributed by atoms with Crippen molar-refractivity contribution in [2.75, 3.05) is 13.2 Å². The first-order chi connectivity index (χ1) is 9.48. The van der Waals surface area contributed by atoms with Gasteiger partial charge in [-0.25, -0.2) is 4.79 Å². The van der Waals surface area contributed by atoms with Gasteiger partial charge < -0.3 is 14.3 Å². The molecular formula is C16H28O4. The van der Waals surface area contributed by atoms with E-state index in [0.29, 0.717) is 24.5 Å². The summed E-state index contributed by atoms with van der Waals surface area (Å²) >= 11 is 0. The number of hydrogen-bond acceptors (Lipinski definition) is 4. The molecule has 1 saturated carbocycles. The second kappa shape index (κ2) is 8.28. The number of hydrogen-bond donors (Lipinski definition) is 0. The van der Waals surface area contributed by atoms with Crippen molar-refractivity contribution >= 4 is 12.4 Å². The second-order valence-corrected chi connectivity index (χ2v) is 6.49. The van der Waals surface area contributed by atoms with Crippen LogP contribution in [-0.4, -0.2) is 25.7 Å². The maximum Gasteiger partial charge on any atom is 0.508 e. The summed E-state index contributed by atoms with van der Waals surface area (Å²) in [5.41, 5.74) is 0.353. The van der Waals surface area contributed by atoms with Gasteiger partial charge in [-0.1, -0.05) is 20.3 Å². The first kappa shape index (κ1) is 17.0. The highest BCUT2D eigenvalue weighted by Gasteiger charge is 2.32. The largest absolute Gasteiger partial charge is 0.508 e. The Morgan fingerprint density at radius 2 is 2.15 bits per heavy atom. The third-order valence-electron chi connectivity index (χ3n) is 4.19. The zero-order chi connectivity index (χ0) is 15.0. The number of ether oxygens (including phenoxy) is 2. The van der Waals surface area contributed by atoms with Crippen molar-refractivity contribution in [3.63, 3.8) is 0 Å². The third kappa shape index (κ3) is 5.93. The van der Waals surface area contributed by atoms with Crippen LogP contribution in [0, 0.1) is 17.3 Å². The van der Waals surface area contributed by atoms with E-state index in [-0.39, 0.29) is 5.92 Å². The lowest BCUT2D eigenvalue weighted by molar-refractivity contribution is -0.113. The van der Waals surface area contributed by atoms with E-state index in [0.717, 1.165) is 32.0 Å². The fraction of sp³-hybridized carbons (Fsp3) is 0.875. The molecule has 0 saturated heterocycles. The van der Waals surface area contributed by atoms with Crippen LogP contribution in [-0.2, 0) is 14.3 Å². The molecule has 1 fully saturated rings. The molecule has 116 valence electrons. The van der Waals surface area contributed by atoms with E-state index in [2.05, 4.69) is 18.6 Å². The molecule has 4 heteroatoms. The average molecular weight is 284 g/mol. The number of carbonyl (C=O) groups excluding carboxylic acids is 2. The first-order valence-corrected chi connectivity index (χ1v) is 7.73. The molecule has 1 aliphatic rings. The molecule has 4 nitrogen and oxygen atoms in total. The van der Waals surface area contributed by atoms with Gasteiger partial charge >= 0.3 is 6.16 Å². The van der Waals surface area contributed by atoms with Gasteiger partial charge in [-0.2, -0.15) is 0 Å². The number of rotatable bonds is 7. The van der Waals surface area contributed by atoms with E-state index >= 15 is 0 Å². The Morgan fingerprint density at radius 3 is 2.75 bits per heavy atom. The van der Waals surface area contributed by atoms with E-state index in [4.69, 9.17) is 4.74 Å². The maximum atomic E-state index is 11.3. The molecule has 1 rings (SSSR count). The Morgan fingerprint density at radius 1 is 1.40 bits per heavy atom. The van der Waals surface area contributed by atoms with Crippen molar-refractivity contribution in [1.82, 2.24) is 0 Å². The fourth-order valence-electron chi connectivity index (χ4n) is 3.17. The third-order valence-corrected chi connectivity index (χ3v) is 4.19. The minimum Gasteiger partial charge on any atom is -0.435 e. The van der Waals surface area contributed by atoms with Gasteiger partial charge in [-0.15, -0.1) is 0 Å². The molecule has 2 atom stereocenters. The summed E-state index contributed by atoms with van der Waals surface area (Å²) < 4.78 is 9.62. The van der Waals surface area contributed by atoms with Crippen molar-refractivity contribution in [3.05, 3.63) is 0 Å². The second-order valence-electron chi connectivity index (χ2n) is 6.49. The average Bonchev–Trinajstić information content (AvgIpc) is 2.38. The van der Waals surface area contributed by atoms with Crippen LogP contribution in [0.3, 0.4) is 0 Å². The highest BCUT2D eigenvalue weighted by molar-refractivity contribution is 5.59. The van der Waals surface area contributed by atoms with Crippen LogP contribution in [0.15, 0.2) is 0 Å². The van der Waals surface area contributed by atoms with Crippen LogP contribution in [0.5, 0.6) is 0 Å². The summed E-state index contributed by atoms with van der Waals surface area (Å²) in [6.45, 7) is 6.97. The van der Waals surface area contributed by atoms with E-state index in [9.17, 15) is 9.59 Å². The lowest BCUT2D eigenvalue weighted by Gasteiger charge is -2.37. The molecule has 0 aromatic heterocycles. The van der Waals surface area contributed by atoms with Gasteiger partial charge in [0.05, 0.1) is 13.2 Å². The monoisotopic (exact) mass is 284 g/mol. The topological polar surface area (TPSA) is 52.6 Å². The lowest BCUT2D eigenvalue weighted by Crippen LogP contribution is -2.28. The van der Waals surface area contributed by atoms with Crippen molar-refractivity contribution in [2.45, 2.75) is 59.3 Å². The predicted octanol–water partition coefficient (Wildman–Crippen LogP) is 3.97. The molecule has 0 aliphatic heterocycles. The molecule has 0 bridgehead atoms. The SMILES string of the molecule is CCOC(=O)OCCCC(C=O)C1CCCC(C)(C)C1. The zero-order valence-electron chi connectivity index (χ0n) is 13.0. The summed E-state index contributed by atoms with van der Waals surface area (Å²) in [5, 5.41) is 0. The number of carbonyl (C=O) groups is 2.